The summed E-state index contributed by atoms with van der Waals surface area (Å²) >= 11 is 0. The monoisotopic (exact) mass is 295 g/mol. The van der Waals surface area contributed by atoms with Gasteiger partial charge in [0.25, 0.3) is 0 Å². The van der Waals surface area contributed by atoms with Gasteiger partial charge in [0.05, 0.1) is 5.56 Å². The number of hydrogen-bond donors (Lipinski definition) is 4. The molecule has 0 aliphatic rings. The number of anilines is 1. The molecule has 0 aromatic heterocycles. The number of carbonyl (C=O) groups is 2. The lowest BCUT2D eigenvalue weighted by molar-refractivity contribution is 0.0632. The third-order valence-corrected chi connectivity index (χ3v) is 2.60. The molecule has 0 atom stereocenters. The van der Waals surface area contributed by atoms with Gasteiger partial charge in [0, 0.05) is 5.69 Å². The van der Waals surface area contributed by atoms with Crippen molar-refractivity contribution in [1.82, 2.24) is 0 Å². The summed E-state index contributed by atoms with van der Waals surface area (Å²) in [4.78, 5) is 22.8. The van der Waals surface area contributed by atoms with E-state index in [0.717, 1.165) is 0 Å². The van der Waals surface area contributed by atoms with Crippen LogP contribution in [0.15, 0.2) is 12.1 Å². The molecule has 0 bridgehead atoms. The third-order valence-electron chi connectivity index (χ3n) is 2.60. The number of nitrogens with one attached hydrogen (secondary N) is 1. The van der Waals surface area contributed by atoms with E-state index < -0.39 is 24.8 Å². The van der Waals surface area contributed by atoms with E-state index in [9.17, 15) is 19.6 Å². The molecule has 7 nitrogen and oxygen atoms in total. The standard InChI is InChI=1S/C13H18BNO6/c1-7-9(11(16)17)5-8(6-10(7)14(19)20)15-12(18)21-13(2,3)4/h5-6,19-20H,1-4H3,(H,15,18)(H,16,17). The Hall–Kier alpha value is -2.06. The van der Waals surface area contributed by atoms with Gasteiger partial charge in [-0.3, -0.25) is 5.32 Å². The molecule has 0 fully saturated rings. The first-order valence-electron chi connectivity index (χ1n) is 6.25. The van der Waals surface area contributed by atoms with E-state index in [1.54, 1.807) is 20.8 Å². The Kier molecular flexibility index (Phi) is 4.98. The van der Waals surface area contributed by atoms with Crippen molar-refractivity contribution in [2.75, 3.05) is 5.32 Å². The lowest BCUT2D eigenvalue weighted by Crippen LogP contribution is -2.34. The molecule has 1 aromatic carbocycles. The van der Waals surface area contributed by atoms with Crippen molar-refractivity contribution < 1.29 is 29.5 Å². The number of carboxylic acid groups (broad SMARTS) is 1. The molecule has 8 heteroatoms. The van der Waals surface area contributed by atoms with Crippen LogP contribution in [0.1, 0.15) is 36.7 Å². The zero-order valence-electron chi connectivity index (χ0n) is 12.3. The zero-order valence-corrected chi connectivity index (χ0v) is 12.3. The summed E-state index contributed by atoms with van der Waals surface area (Å²) in [6.45, 7) is 6.52. The normalized spacial score (nSPS) is 11.0. The number of carboxylic acids is 1. The van der Waals surface area contributed by atoms with Crippen molar-refractivity contribution in [1.29, 1.82) is 0 Å². The SMILES string of the molecule is Cc1c(B(O)O)cc(NC(=O)OC(C)(C)C)cc1C(=O)O. The number of carbonyl (C=O) groups excluding carboxylic acids is 1. The number of amides is 1. The fraction of sp³-hybridized carbons (Fsp3) is 0.385. The van der Waals surface area contributed by atoms with Crippen molar-refractivity contribution >= 4 is 30.3 Å². The fourth-order valence-electron chi connectivity index (χ4n) is 1.72. The highest BCUT2D eigenvalue weighted by molar-refractivity contribution is 6.59. The molecular formula is C13H18BNO6. The van der Waals surface area contributed by atoms with Gasteiger partial charge in [0.15, 0.2) is 0 Å². The van der Waals surface area contributed by atoms with Gasteiger partial charge in [-0.25, -0.2) is 9.59 Å². The van der Waals surface area contributed by atoms with Gasteiger partial charge in [0.1, 0.15) is 5.60 Å². The van der Waals surface area contributed by atoms with Crippen LogP contribution in [0, 0.1) is 6.92 Å². The highest BCUT2D eigenvalue weighted by Gasteiger charge is 2.22. The van der Waals surface area contributed by atoms with Crippen LogP contribution in [0.2, 0.25) is 0 Å². The molecule has 21 heavy (non-hydrogen) atoms. The van der Waals surface area contributed by atoms with Gasteiger partial charge in [-0.1, -0.05) is 0 Å². The molecule has 114 valence electrons. The summed E-state index contributed by atoms with van der Waals surface area (Å²) in [6, 6.07) is 2.52. The van der Waals surface area contributed by atoms with Crippen molar-refractivity contribution in [3.63, 3.8) is 0 Å². The van der Waals surface area contributed by atoms with Gasteiger partial charge in [-0.15, -0.1) is 0 Å². The lowest BCUT2D eigenvalue weighted by atomic mass is 9.75. The van der Waals surface area contributed by atoms with Crippen LogP contribution in [0.5, 0.6) is 0 Å². The first kappa shape index (κ1) is 17.0. The topological polar surface area (TPSA) is 116 Å². The summed E-state index contributed by atoms with van der Waals surface area (Å²) in [5, 5.41) is 30.0. The van der Waals surface area contributed by atoms with Gasteiger partial charge >= 0.3 is 19.2 Å². The van der Waals surface area contributed by atoms with Crippen LogP contribution in [0.4, 0.5) is 10.5 Å². The summed E-state index contributed by atoms with van der Waals surface area (Å²) in [6.07, 6.45) is -0.763. The van der Waals surface area contributed by atoms with Gasteiger partial charge < -0.3 is 19.9 Å². The van der Waals surface area contributed by atoms with E-state index in [1.165, 1.54) is 19.1 Å². The van der Waals surface area contributed by atoms with E-state index >= 15 is 0 Å². The lowest BCUT2D eigenvalue weighted by Gasteiger charge is -2.20. The first-order chi connectivity index (χ1) is 9.51. The molecule has 0 spiro atoms. The van der Waals surface area contributed by atoms with Crippen molar-refractivity contribution in [3.05, 3.63) is 23.3 Å². The zero-order chi connectivity index (χ0) is 16.4. The maximum absolute atomic E-state index is 11.7. The van der Waals surface area contributed by atoms with E-state index in [2.05, 4.69) is 5.32 Å². The molecular weight excluding hydrogens is 277 g/mol. The highest BCUT2D eigenvalue weighted by atomic mass is 16.6. The molecule has 0 radical (unpaired) electrons. The smallest absolute Gasteiger partial charge is 0.478 e. The Morgan fingerprint density at radius 2 is 1.81 bits per heavy atom. The molecule has 0 aliphatic heterocycles. The van der Waals surface area contributed by atoms with Crippen molar-refractivity contribution in [2.24, 2.45) is 0 Å². The Balaban J connectivity index is 3.14. The molecule has 0 saturated carbocycles. The van der Waals surface area contributed by atoms with Crippen LogP contribution in [-0.2, 0) is 4.74 Å². The van der Waals surface area contributed by atoms with Crippen LogP contribution in [0.3, 0.4) is 0 Å². The minimum Gasteiger partial charge on any atom is -0.478 e. The van der Waals surface area contributed by atoms with Crippen molar-refractivity contribution in [3.8, 4) is 0 Å². The average molecular weight is 295 g/mol. The highest BCUT2D eigenvalue weighted by Crippen LogP contribution is 2.16. The number of ether oxygens (including phenoxy) is 1. The predicted molar refractivity (Wildman–Crippen MR) is 77.8 cm³/mol. The van der Waals surface area contributed by atoms with E-state index in [-0.39, 0.29) is 22.3 Å². The molecule has 0 unspecified atom stereocenters. The number of hydrogen-bond acceptors (Lipinski definition) is 5. The van der Waals surface area contributed by atoms with Gasteiger partial charge in [-0.2, -0.15) is 0 Å². The molecule has 1 amide bonds. The Labute approximate surface area is 122 Å². The third kappa shape index (κ3) is 4.76. The number of aromatic carboxylic acids is 1. The average Bonchev–Trinajstić information content (AvgIpc) is 2.27. The van der Waals surface area contributed by atoms with E-state index in [1.807, 2.05) is 0 Å². The van der Waals surface area contributed by atoms with Crippen LogP contribution >= 0.6 is 0 Å². The Morgan fingerprint density at radius 3 is 2.24 bits per heavy atom. The Morgan fingerprint density at radius 1 is 1.24 bits per heavy atom. The number of benzene rings is 1. The maximum atomic E-state index is 11.7. The van der Waals surface area contributed by atoms with Crippen LogP contribution < -0.4 is 10.8 Å². The first-order valence-corrected chi connectivity index (χ1v) is 6.25. The van der Waals surface area contributed by atoms with Gasteiger partial charge in [-0.05, 0) is 50.9 Å². The molecule has 4 N–H and O–H groups in total. The molecule has 1 rings (SSSR count). The second-order valence-electron chi connectivity index (χ2n) is 5.54. The van der Waals surface area contributed by atoms with Crippen LogP contribution in [-0.4, -0.2) is 39.9 Å². The minimum atomic E-state index is -1.84. The number of rotatable bonds is 3. The summed E-state index contributed by atoms with van der Waals surface area (Å²) in [7, 11) is -1.84. The largest absolute Gasteiger partial charge is 0.488 e. The minimum absolute atomic E-state index is 0.000888. The summed E-state index contributed by atoms with van der Waals surface area (Å²) in [5.74, 6) is -1.23. The Bertz CT molecular complexity index is 565. The molecule has 0 heterocycles. The van der Waals surface area contributed by atoms with Gasteiger partial charge in [0.2, 0.25) is 0 Å². The fourth-order valence-corrected chi connectivity index (χ4v) is 1.72. The molecule has 1 aromatic rings. The maximum Gasteiger partial charge on any atom is 0.488 e. The summed E-state index contributed by atoms with van der Waals surface area (Å²) < 4.78 is 5.05. The quantitative estimate of drug-likeness (QED) is 0.611. The molecule has 0 saturated heterocycles. The van der Waals surface area contributed by atoms with Crippen molar-refractivity contribution in [2.45, 2.75) is 33.3 Å². The van der Waals surface area contributed by atoms with E-state index in [0.29, 0.717) is 0 Å². The molecule has 0 aliphatic carbocycles. The van der Waals surface area contributed by atoms with Crippen LogP contribution in [0.25, 0.3) is 0 Å². The second kappa shape index (κ2) is 6.15. The van der Waals surface area contributed by atoms with E-state index in [4.69, 9.17) is 9.84 Å². The predicted octanol–water partition coefficient (Wildman–Crippen LogP) is 0.720. The second-order valence-corrected chi connectivity index (χ2v) is 5.54. The summed E-state index contributed by atoms with van der Waals surface area (Å²) in [5.41, 5.74) is -0.515.